The molecule has 1 aliphatic heterocycles. The molecule has 1 N–H and O–H groups in total. The van der Waals surface area contributed by atoms with Crippen LogP contribution in [-0.2, 0) is 14.3 Å². The zero-order chi connectivity index (χ0) is 23.2. The third kappa shape index (κ3) is 5.12. The average Bonchev–Trinajstić information content (AvgIpc) is 2.97. The van der Waals surface area contributed by atoms with Crippen molar-refractivity contribution >= 4 is 40.7 Å². The minimum Gasteiger partial charge on any atom is -0.462 e. The van der Waals surface area contributed by atoms with Gasteiger partial charge in [-0.1, -0.05) is 30.3 Å². The molecule has 8 nitrogen and oxygen atoms in total. The summed E-state index contributed by atoms with van der Waals surface area (Å²) >= 11 is 0. The van der Waals surface area contributed by atoms with E-state index >= 15 is 0 Å². The molecule has 1 aromatic heterocycles. The zero-order valence-corrected chi connectivity index (χ0v) is 18.0. The molecule has 0 aliphatic carbocycles. The van der Waals surface area contributed by atoms with E-state index in [-0.39, 0.29) is 25.5 Å². The van der Waals surface area contributed by atoms with Crippen LogP contribution in [0.2, 0.25) is 0 Å². The van der Waals surface area contributed by atoms with Crippen LogP contribution in [0.3, 0.4) is 0 Å². The van der Waals surface area contributed by atoms with E-state index in [1.165, 1.54) is 4.90 Å². The molecule has 33 heavy (non-hydrogen) atoms. The number of benzene rings is 2. The first-order chi connectivity index (χ1) is 16.0. The highest BCUT2D eigenvalue weighted by Crippen LogP contribution is 2.30. The minimum atomic E-state index is -0.428. The van der Waals surface area contributed by atoms with Crippen LogP contribution in [0.5, 0.6) is 0 Å². The zero-order valence-electron chi connectivity index (χ0n) is 18.0. The molecule has 0 spiro atoms. The molecule has 0 saturated carbocycles. The summed E-state index contributed by atoms with van der Waals surface area (Å²) in [6.07, 6.45) is 1.61. The Balaban J connectivity index is 1.51. The number of nitrogens with zero attached hydrogens (tertiary/aromatic N) is 3. The Morgan fingerprint density at radius 1 is 1.03 bits per heavy atom. The number of hydrogen-bond acceptors (Lipinski definition) is 6. The lowest BCUT2D eigenvalue weighted by Gasteiger charge is -2.20. The predicted octanol–water partition coefficient (Wildman–Crippen LogP) is 3.75. The van der Waals surface area contributed by atoms with Crippen molar-refractivity contribution < 1.29 is 19.1 Å². The second kappa shape index (κ2) is 9.86. The molecular weight excluding hydrogens is 420 g/mol. The van der Waals surface area contributed by atoms with E-state index in [9.17, 15) is 14.4 Å². The maximum Gasteiger partial charge on any atom is 0.338 e. The van der Waals surface area contributed by atoms with Crippen molar-refractivity contribution in [3.8, 4) is 0 Å². The molecule has 4 rings (SSSR count). The Labute approximate surface area is 190 Å². The van der Waals surface area contributed by atoms with Crippen molar-refractivity contribution in [2.45, 2.75) is 13.3 Å². The van der Waals surface area contributed by atoms with E-state index in [1.807, 2.05) is 30.3 Å². The summed E-state index contributed by atoms with van der Waals surface area (Å²) in [5.41, 5.74) is 2.87. The maximum absolute atomic E-state index is 13.1. The van der Waals surface area contributed by atoms with Crippen LogP contribution >= 0.6 is 0 Å². The molecule has 2 aromatic carbocycles. The number of nitrogens with one attached hydrogen (secondary N) is 1. The molecule has 0 saturated heterocycles. The Bertz CT molecular complexity index is 1210. The SMILES string of the molecule is CCOC(=O)c1ccc(NC(=O)CN2C(=O)CC(c3ccccc3)=Nc3cccnc32)cc1. The van der Waals surface area contributed by atoms with Gasteiger partial charge in [0.05, 0.1) is 24.3 Å². The molecule has 8 heteroatoms. The van der Waals surface area contributed by atoms with Gasteiger partial charge in [0.1, 0.15) is 12.2 Å². The Morgan fingerprint density at radius 2 is 1.79 bits per heavy atom. The highest BCUT2D eigenvalue weighted by Gasteiger charge is 2.27. The Morgan fingerprint density at radius 3 is 2.52 bits per heavy atom. The number of rotatable bonds is 6. The summed E-state index contributed by atoms with van der Waals surface area (Å²) < 4.78 is 4.96. The summed E-state index contributed by atoms with van der Waals surface area (Å²) in [5.74, 6) is -0.765. The van der Waals surface area contributed by atoms with E-state index in [1.54, 1.807) is 49.5 Å². The number of carbonyl (C=O) groups excluding carboxylic acids is 3. The summed E-state index contributed by atoms with van der Waals surface area (Å²) in [5, 5.41) is 2.75. The van der Waals surface area contributed by atoms with Crippen molar-refractivity contribution in [3.05, 3.63) is 84.1 Å². The van der Waals surface area contributed by atoms with E-state index in [0.717, 1.165) is 5.56 Å². The number of aliphatic imine (C=N–C) groups is 1. The van der Waals surface area contributed by atoms with Gasteiger partial charge in [0.15, 0.2) is 5.82 Å². The van der Waals surface area contributed by atoms with Crippen molar-refractivity contribution in [2.24, 2.45) is 4.99 Å². The molecule has 1 aliphatic rings. The van der Waals surface area contributed by atoms with E-state index in [2.05, 4.69) is 15.3 Å². The lowest BCUT2D eigenvalue weighted by molar-refractivity contribution is -0.120. The third-order valence-corrected chi connectivity index (χ3v) is 4.99. The highest BCUT2D eigenvalue weighted by atomic mass is 16.5. The van der Waals surface area contributed by atoms with Gasteiger partial charge in [-0.3, -0.25) is 14.5 Å². The largest absolute Gasteiger partial charge is 0.462 e. The normalized spacial score (nSPS) is 12.9. The van der Waals surface area contributed by atoms with Gasteiger partial charge < -0.3 is 10.1 Å². The van der Waals surface area contributed by atoms with Crippen LogP contribution < -0.4 is 10.2 Å². The highest BCUT2D eigenvalue weighted by molar-refractivity contribution is 6.18. The van der Waals surface area contributed by atoms with Gasteiger partial charge in [0, 0.05) is 11.9 Å². The fourth-order valence-corrected chi connectivity index (χ4v) is 3.43. The minimum absolute atomic E-state index is 0.0435. The van der Waals surface area contributed by atoms with Crippen LogP contribution in [-0.4, -0.2) is 41.6 Å². The number of pyridine rings is 1. The number of fused-ring (bicyclic) bond motifs is 1. The van der Waals surface area contributed by atoms with E-state index < -0.39 is 11.9 Å². The standard InChI is InChI=1S/C25H22N4O4/c1-2-33-25(32)18-10-12-19(13-11-18)27-22(30)16-29-23(31)15-21(17-7-4-3-5-8-17)28-20-9-6-14-26-24(20)29/h3-14H,2,15-16H2,1H3,(H,27,30). The topological polar surface area (TPSA) is 101 Å². The molecule has 0 fully saturated rings. The number of aromatic nitrogens is 1. The maximum atomic E-state index is 13.1. The van der Waals surface area contributed by atoms with Crippen LogP contribution in [0, 0.1) is 0 Å². The van der Waals surface area contributed by atoms with E-state index in [4.69, 9.17) is 4.74 Å². The van der Waals surface area contributed by atoms with E-state index in [0.29, 0.717) is 28.5 Å². The lowest BCUT2D eigenvalue weighted by Crippen LogP contribution is -2.39. The molecular formula is C25H22N4O4. The molecule has 0 radical (unpaired) electrons. The summed E-state index contributed by atoms with van der Waals surface area (Å²) in [6, 6.07) is 19.3. The van der Waals surface area contributed by atoms with Crippen LogP contribution in [0.1, 0.15) is 29.3 Å². The number of ether oxygens (including phenoxy) is 1. The van der Waals surface area contributed by atoms with Crippen molar-refractivity contribution in [1.82, 2.24) is 4.98 Å². The van der Waals surface area contributed by atoms with Crippen LogP contribution in [0.25, 0.3) is 0 Å². The second-order valence-electron chi connectivity index (χ2n) is 7.27. The van der Waals surface area contributed by atoms with Gasteiger partial charge in [-0.2, -0.15) is 0 Å². The smallest absolute Gasteiger partial charge is 0.338 e. The molecule has 166 valence electrons. The summed E-state index contributed by atoms with van der Waals surface area (Å²) in [6.45, 7) is 1.80. The van der Waals surface area contributed by atoms with Crippen molar-refractivity contribution in [1.29, 1.82) is 0 Å². The second-order valence-corrected chi connectivity index (χ2v) is 7.27. The van der Waals surface area contributed by atoms with Crippen LogP contribution in [0.15, 0.2) is 77.9 Å². The fourth-order valence-electron chi connectivity index (χ4n) is 3.43. The van der Waals surface area contributed by atoms with Gasteiger partial charge in [0.2, 0.25) is 11.8 Å². The van der Waals surface area contributed by atoms with Crippen LogP contribution in [0.4, 0.5) is 17.2 Å². The first-order valence-corrected chi connectivity index (χ1v) is 10.5. The van der Waals surface area contributed by atoms with Gasteiger partial charge in [-0.25, -0.2) is 14.8 Å². The van der Waals surface area contributed by atoms with Gasteiger partial charge in [-0.05, 0) is 48.9 Å². The molecule has 0 atom stereocenters. The van der Waals surface area contributed by atoms with Gasteiger partial charge in [-0.15, -0.1) is 0 Å². The first kappa shape index (κ1) is 21.9. The number of hydrogen-bond donors (Lipinski definition) is 1. The van der Waals surface area contributed by atoms with Crippen molar-refractivity contribution in [2.75, 3.05) is 23.4 Å². The predicted molar refractivity (Wildman–Crippen MR) is 125 cm³/mol. The Kier molecular flexibility index (Phi) is 6.54. The molecule has 3 aromatic rings. The summed E-state index contributed by atoms with van der Waals surface area (Å²) in [7, 11) is 0. The summed E-state index contributed by atoms with van der Waals surface area (Å²) in [4.78, 5) is 48.0. The van der Waals surface area contributed by atoms with Gasteiger partial charge in [0.25, 0.3) is 0 Å². The first-order valence-electron chi connectivity index (χ1n) is 10.5. The number of esters is 1. The fraction of sp³-hybridized carbons (Fsp3) is 0.160. The van der Waals surface area contributed by atoms with Gasteiger partial charge >= 0.3 is 5.97 Å². The molecule has 2 heterocycles. The van der Waals surface area contributed by atoms with Crippen molar-refractivity contribution in [3.63, 3.8) is 0 Å². The number of anilines is 2. The number of amides is 2. The lowest BCUT2D eigenvalue weighted by atomic mass is 10.1. The monoisotopic (exact) mass is 442 g/mol. The molecule has 0 unspecified atom stereocenters. The molecule has 0 bridgehead atoms. The Hall–Kier alpha value is -4.33. The third-order valence-electron chi connectivity index (χ3n) is 4.99. The number of carbonyl (C=O) groups is 3. The molecule has 2 amide bonds. The quantitative estimate of drug-likeness (QED) is 0.586. The average molecular weight is 442 g/mol.